The molecule has 1 saturated heterocycles. The average Bonchev–Trinajstić information content (AvgIpc) is 3.43. The van der Waals surface area contributed by atoms with Gasteiger partial charge in [-0.25, -0.2) is 0 Å². The molecule has 0 unspecified atom stereocenters. The molecule has 0 saturated carbocycles. The molecule has 39 heavy (non-hydrogen) atoms. The number of aromatic nitrogens is 1. The van der Waals surface area contributed by atoms with E-state index in [1.165, 1.54) is 16.2 Å². The fourth-order valence-electron chi connectivity index (χ4n) is 4.05. The number of amides is 3. The number of nitrogens with zero attached hydrogens (tertiary/aromatic N) is 3. The maximum atomic E-state index is 13.5. The zero-order chi connectivity index (χ0) is 27.6. The number of nitrogens with one attached hydrogen (secondary N) is 1. The molecule has 0 radical (unpaired) electrons. The van der Waals surface area contributed by atoms with Gasteiger partial charge in [0.15, 0.2) is 0 Å². The number of piperazine rings is 1. The van der Waals surface area contributed by atoms with Crippen molar-refractivity contribution in [2.75, 3.05) is 32.8 Å². The van der Waals surface area contributed by atoms with Crippen molar-refractivity contribution in [3.63, 3.8) is 0 Å². The number of rotatable bonds is 8. The molecule has 1 aromatic heterocycles. The van der Waals surface area contributed by atoms with Gasteiger partial charge in [-0.1, -0.05) is 6.92 Å². The first-order valence-electron chi connectivity index (χ1n) is 12.7. The number of thiazole rings is 1. The summed E-state index contributed by atoms with van der Waals surface area (Å²) in [6.07, 6.45) is 1.32. The van der Waals surface area contributed by atoms with E-state index >= 15 is 0 Å². The third-order valence-electron chi connectivity index (χ3n) is 6.18. The fraction of sp³-hybridized carbons (Fsp3) is 0.321. The Hall–Kier alpha value is -3.71. The second-order valence-corrected chi connectivity index (χ2v) is 10.3. The second-order valence-electron chi connectivity index (χ2n) is 8.84. The Balaban J connectivity index is 1.49. The van der Waals surface area contributed by atoms with Crippen molar-refractivity contribution in [2.24, 2.45) is 0 Å². The number of benzene rings is 2. The summed E-state index contributed by atoms with van der Waals surface area (Å²) in [5.41, 5.74) is 4.37. The zero-order valence-electron chi connectivity index (χ0n) is 21.5. The third-order valence-corrected chi connectivity index (χ3v) is 7.69. The van der Waals surface area contributed by atoms with Crippen LogP contribution >= 0.6 is 19.3 Å². The third kappa shape index (κ3) is 7.24. The van der Waals surface area contributed by atoms with Crippen LogP contribution in [-0.2, 0) is 14.1 Å². The summed E-state index contributed by atoms with van der Waals surface area (Å²) in [4.78, 5) is 47.3. The molecule has 9 nitrogen and oxygen atoms in total. The predicted molar refractivity (Wildman–Crippen MR) is 150 cm³/mol. The van der Waals surface area contributed by atoms with E-state index in [1.54, 1.807) is 4.90 Å². The molecular weight excluding hydrogens is 535 g/mol. The van der Waals surface area contributed by atoms with Crippen LogP contribution in [0.15, 0.2) is 60.7 Å². The van der Waals surface area contributed by atoms with Crippen LogP contribution in [0.2, 0.25) is 0 Å². The van der Waals surface area contributed by atoms with Gasteiger partial charge >= 0.3 is 226 Å². The first-order chi connectivity index (χ1) is 19.0. The molecule has 1 aliphatic heterocycles. The normalized spacial score (nSPS) is 13.8. The number of unbranched alkanes of at least 4 members (excludes halogenated alkanes) is 1. The number of carbonyl (C=O) groups excluding carboxylic acids is 3. The number of ether oxygens (including phenoxy) is 1. The molecule has 2 heterocycles. The van der Waals surface area contributed by atoms with Gasteiger partial charge in [0.25, 0.3) is 0 Å². The van der Waals surface area contributed by atoms with Crippen molar-refractivity contribution < 1.29 is 23.7 Å². The summed E-state index contributed by atoms with van der Waals surface area (Å²) < 4.78 is 16.7. The van der Waals surface area contributed by atoms with Gasteiger partial charge in [-0.05, 0) is 0 Å². The predicted octanol–water partition coefficient (Wildman–Crippen LogP) is 4.91. The summed E-state index contributed by atoms with van der Waals surface area (Å²) in [5, 5.41) is 3.33. The van der Waals surface area contributed by atoms with E-state index in [0.29, 0.717) is 29.6 Å². The minimum atomic E-state index is -1.25. The van der Waals surface area contributed by atoms with Crippen molar-refractivity contribution in [3.05, 3.63) is 66.4 Å². The molecule has 2 aromatic carbocycles. The Bertz CT molecular complexity index is 1400. The number of hydrogen-bond acceptors (Lipinski definition) is 7. The van der Waals surface area contributed by atoms with Gasteiger partial charge in [-0.15, -0.1) is 0 Å². The van der Waals surface area contributed by atoms with Crippen LogP contribution < -0.4 is 5.32 Å². The molecule has 0 aliphatic carbocycles. The SMILES string of the molecule is CCCCOC(=O)N1CCN(C(=O)[C@H](C#P=O)NC(=O)c2nc(-c3ccccc3)sc2-c2ccccc2)CC1. The first kappa shape index (κ1) is 28.3. The minimum absolute atomic E-state index is 0.173. The molecule has 1 atom stereocenters. The van der Waals surface area contributed by atoms with Crippen LogP contribution in [0.25, 0.3) is 21.0 Å². The molecule has 0 spiro atoms. The molecule has 1 fully saturated rings. The van der Waals surface area contributed by atoms with Gasteiger partial charge in [0.05, 0.1) is 0 Å². The van der Waals surface area contributed by atoms with Gasteiger partial charge < -0.3 is 0 Å². The topological polar surface area (TPSA) is 109 Å². The van der Waals surface area contributed by atoms with Gasteiger partial charge in [0.2, 0.25) is 0 Å². The maximum absolute atomic E-state index is 13.5. The number of hydrogen-bond donors (Lipinski definition) is 1. The molecule has 3 aromatic rings. The van der Waals surface area contributed by atoms with Crippen LogP contribution in [0.3, 0.4) is 0 Å². The van der Waals surface area contributed by atoms with Crippen LogP contribution in [-0.4, -0.2) is 71.5 Å². The number of carbonyl (C=O) groups is 3. The van der Waals surface area contributed by atoms with Crippen LogP contribution in [0.5, 0.6) is 0 Å². The molecule has 1 N–H and O–H groups in total. The monoisotopic (exact) mass is 564 g/mol. The van der Waals surface area contributed by atoms with Gasteiger partial charge in [-0.2, -0.15) is 0 Å². The molecule has 4 rings (SSSR count). The van der Waals surface area contributed by atoms with E-state index in [4.69, 9.17) is 4.74 Å². The van der Waals surface area contributed by atoms with Crippen LogP contribution in [0, 0.1) is 5.63 Å². The second kappa shape index (κ2) is 13.9. The quantitative estimate of drug-likeness (QED) is 0.308. The summed E-state index contributed by atoms with van der Waals surface area (Å²) in [6, 6.07) is 17.7. The van der Waals surface area contributed by atoms with Gasteiger partial charge in [-0.3, -0.25) is 0 Å². The van der Waals surface area contributed by atoms with Gasteiger partial charge in [0.1, 0.15) is 0 Å². The van der Waals surface area contributed by atoms with E-state index in [2.05, 4.69) is 15.9 Å². The summed E-state index contributed by atoms with van der Waals surface area (Å²) >= 11 is 1.38. The average molecular weight is 565 g/mol. The van der Waals surface area contributed by atoms with Crippen molar-refractivity contribution >= 4 is 37.2 Å². The molecule has 202 valence electrons. The molecule has 3 amide bonds. The van der Waals surface area contributed by atoms with E-state index in [0.717, 1.165) is 24.0 Å². The van der Waals surface area contributed by atoms with E-state index in [9.17, 15) is 18.9 Å². The summed E-state index contributed by atoms with van der Waals surface area (Å²) in [7, 11) is -0.512. The summed E-state index contributed by atoms with van der Waals surface area (Å²) in [5.74, 6) is -1.02. The van der Waals surface area contributed by atoms with E-state index in [1.807, 2.05) is 67.6 Å². The van der Waals surface area contributed by atoms with Crippen LogP contribution in [0.4, 0.5) is 4.79 Å². The Labute approximate surface area is 232 Å². The Morgan fingerprint density at radius 2 is 1.62 bits per heavy atom. The van der Waals surface area contributed by atoms with Crippen molar-refractivity contribution in [1.82, 2.24) is 20.1 Å². The first-order valence-corrected chi connectivity index (χ1v) is 14.4. The summed E-state index contributed by atoms with van der Waals surface area (Å²) in [6.45, 7) is 3.50. The fourth-order valence-corrected chi connectivity index (χ4v) is 5.41. The Kier molecular flexibility index (Phi) is 10.1. The zero-order valence-corrected chi connectivity index (χ0v) is 23.2. The molecule has 0 bridgehead atoms. The van der Waals surface area contributed by atoms with Crippen molar-refractivity contribution in [2.45, 2.75) is 25.8 Å². The Morgan fingerprint density at radius 1 is 1.00 bits per heavy atom. The Morgan fingerprint density at radius 3 is 2.23 bits per heavy atom. The van der Waals surface area contributed by atoms with Crippen LogP contribution in [0.1, 0.15) is 30.3 Å². The van der Waals surface area contributed by atoms with E-state index in [-0.39, 0.29) is 18.8 Å². The van der Waals surface area contributed by atoms with Crippen molar-refractivity contribution in [1.29, 1.82) is 0 Å². The molecular formula is C28H29N4O5PS. The van der Waals surface area contributed by atoms with Crippen molar-refractivity contribution in [3.8, 4) is 26.6 Å². The standard InChI is InChI=1S/C28H29N4O5PS/c1-2-3-18-37-28(35)32-16-14-31(15-17-32)27(34)22(19-38-36)29-25(33)23-24(20-10-6-4-7-11-20)39-26(30-23)21-12-8-5-9-13-21/h4-13,22H,2-3,14-18H2,1H3,(H,29,33)/t22-/m0/s1. The molecule has 11 heteroatoms. The van der Waals surface area contributed by atoms with Gasteiger partial charge in [0, 0.05) is 0 Å². The van der Waals surface area contributed by atoms with E-state index < -0.39 is 31.9 Å². The molecule has 1 aliphatic rings.